The van der Waals surface area contributed by atoms with E-state index in [9.17, 15) is 14.8 Å². The van der Waals surface area contributed by atoms with E-state index in [-0.39, 0.29) is 10.8 Å². The van der Waals surface area contributed by atoms with Crippen LogP contribution in [0.25, 0.3) is 0 Å². The van der Waals surface area contributed by atoms with E-state index in [0.717, 1.165) is 60.8 Å². The summed E-state index contributed by atoms with van der Waals surface area (Å²) in [5, 5.41) is 20.8. The lowest BCUT2D eigenvalue weighted by molar-refractivity contribution is 0.219. The number of phenols is 2. The van der Waals surface area contributed by atoms with Gasteiger partial charge in [-0.1, -0.05) is 65.8 Å². The van der Waals surface area contributed by atoms with E-state index in [1.807, 2.05) is 26.0 Å². The molecule has 2 N–H and O–H groups in total. The van der Waals surface area contributed by atoms with Crippen LogP contribution in [0.3, 0.4) is 0 Å². The number of aryl methyl sites for hydroxylation is 4. The van der Waals surface area contributed by atoms with E-state index in [0.29, 0.717) is 24.7 Å². The van der Waals surface area contributed by atoms with Crippen LogP contribution in [0.4, 0.5) is 0 Å². The summed E-state index contributed by atoms with van der Waals surface area (Å²) in [6, 6.07) is 8.28. The zero-order valence-corrected chi connectivity index (χ0v) is 24.6. The lowest BCUT2D eigenvalue weighted by Gasteiger charge is -2.22. The zero-order valence-electron chi connectivity index (χ0n) is 23.6. The Balaban J connectivity index is 1.66. The highest BCUT2D eigenvalue weighted by Crippen LogP contribution is 2.35. The maximum absolute atomic E-state index is 12.1. The van der Waals surface area contributed by atoms with Crippen LogP contribution >= 0.6 is 8.25 Å². The second-order valence-electron chi connectivity index (χ2n) is 12.0. The Hall–Kier alpha value is -1.81. The molecule has 0 radical (unpaired) electrons. The van der Waals surface area contributed by atoms with Crippen molar-refractivity contribution in [2.24, 2.45) is 0 Å². The van der Waals surface area contributed by atoms with Gasteiger partial charge in [-0.3, -0.25) is 4.57 Å². The molecule has 0 spiro atoms. The maximum atomic E-state index is 12.1. The topological polar surface area (TPSA) is 76.0 Å². The van der Waals surface area contributed by atoms with Crippen molar-refractivity contribution in [2.45, 2.75) is 105 Å². The second kappa shape index (κ2) is 13.1. The highest BCUT2D eigenvalue weighted by molar-refractivity contribution is 7.33. The zero-order chi connectivity index (χ0) is 27.1. The summed E-state index contributed by atoms with van der Waals surface area (Å²) in [7, 11) is -2.47. The lowest BCUT2D eigenvalue weighted by Crippen LogP contribution is -2.12. The molecule has 0 bridgehead atoms. The van der Waals surface area contributed by atoms with Gasteiger partial charge in [0.15, 0.2) is 0 Å². The summed E-state index contributed by atoms with van der Waals surface area (Å²) >= 11 is 0. The van der Waals surface area contributed by atoms with Gasteiger partial charge in [0.05, 0.1) is 13.2 Å². The van der Waals surface area contributed by atoms with Gasteiger partial charge in [0.25, 0.3) is 0 Å². The molecule has 0 aliphatic heterocycles. The average Bonchev–Trinajstić information content (AvgIpc) is 2.76. The molecule has 5 nitrogen and oxygen atoms in total. The summed E-state index contributed by atoms with van der Waals surface area (Å²) in [5.74, 6) is 0.774. The molecule has 0 saturated carbocycles. The van der Waals surface area contributed by atoms with E-state index in [1.54, 1.807) is 0 Å². The summed E-state index contributed by atoms with van der Waals surface area (Å²) in [5.41, 5.74) is 5.96. The Kier molecular flexibility index (Phi) is 11.1. The standard InChI is InChI=1S/C30H47O5P/c1-21-17-23(19-25(27(21)31)29(3,4)5)13-9-11-15-34-36(33)35-16-12-10-14-24-18-22(2)28(32)26(20-24)30(6,7)8/h17-20,31-32,36H,9-16H2,1-8H3. The normalized spacial score (nSPS) is 12.5. The van der Waals surface area contributed by atoms with Crippen molar-refractivity contribution in [3.63, 3.8) is 0 Å². The van der Waals surface area contributed by atoms with Crippen molar-refractivity contribution < 1.29 is 23.8 Å². The molecule has 0 saturated heterocycles. The number of hydrogen-bond acceptors (Lipinski definition) is 5. The van der Waals surface area contributed by atoms with Crippen LogP contribution in [0, 0.1) is 13.8 Å². The first-order valence-electron chi connectivity index (χ1n) is 13.2. The van der Waals surface area contributed by atoms with Crippen molar-refractivity contribution >= 4 is 8.25 Å². The number of hydrogen-bond donors (Lipinski definition) is 2. The molecule has 0 atom stereocenters. The third kappa shape index (κ3) is 9.25. The Morgan fingerprint density at radius 2 is 1.03 bits per heavy atom. The van der Waals surface area contributed by atoms with E-state index in [2.05, 4.69) is 53.7 Å². The molecule has 2 aromatic carbocycles. The van der Waals surface area contributed by atoms with Gasteiger partial charge in [-0.2, -0.15) is 0 Å². The molecule has 0 heterocycles. The summed E-state index contributed by atoms with van der Waals surface area (Å²) in [4.78, 5) is 0. The van der Waals surface area contributed by atoms with Gasteiger partial charge in [-0.25, -0.2) is 0 Å². The predicted molar refractivity (Wildman–Crippen MR) is 150 cm³/mol. The van der Waals surface area contributed by atoms with Gasteiger partial charge in [-0.05, 0) is 96.6 Å². The number of unbranched alkanes of at least 4 members (excludes halogenated alkanes) is 2. The number of benzene rings is 2. The quantitative estimate of drug-likeness (QED) is 0.219. The van der Waals surface area contributed by atoms with Crippen LogP contribution in [-0.4, -0.2) is 23.4 Å². The van der Waals surface area contributed by atoms with Crippen LogP contribution < -0.4 is 0 Å². The fraction of sp³-hybridized carbons (Fsp3) is 0.600. The minimum absolute atomic E-state index is 0.108. The van der Waals surface area contributed by atoms with E-state index < -0.39 is 8.25 Å². The van der Waals surface area contributed by atoms with E-state index in [4.69, 9.17) is 9.05 Å². The number of aromatic hydroxyl groups is 2. The molecular formula is C30H47O5P. The minimum atomic E-state index is -2.47. The Bertz CT molecular complexity index is 950. The van der Waals surface area contributed by atoms with Crippen LogP contribution in [0.2, 0.25) is 0 Å². The van der Waals surface area contributed by atoms with Crippen LogP contribution in [0.5, 0.6) is 11.5 Å². The smallest absolute Gasteiger partial charge is 0.319 e. The molecule has 0 unspecified atom stereocenters. The molecule has 0 aliphatic rings. The molecule has 0 fully saturated rings. The third-order valence-electron chi connectivity index (χ3n) is 6.50. The summed E-state index contributed by atoms with van der Waals surface area (Å²) in [6.45, 7) is 17.4. The first kappa shape index (κ1) is 30.4. The fourth-order valence-corrected chi connectivity index (χ4v) is 5.06. The molecule has 2 rings (SSSR count). The van der Waals surface area contributed by atoms with Crippen molar-refractivity contribution in [3.05, 3.63) is 57.6 Å². The van der Waals surface area contributed by atoms with Crippen molar-refractivity contribution in [3.8, 4) is 11.5 Å². The molecule has 202 valence electrons. The van der Waals surface area contributed by atoms with Gasteiger partial charge in [0.1, 0.15) is 11.5 Å². The van der Waals surface area contributed by atoms with E-state index >= 15 is 0 Å². The van der Waals surface area contributed by atoms with Crippen LogP contribution in [0.1, 0.15) is 101 Å². The molecule has 2 aromatic rings. The Morgan fingerprint density at radius 1 is 0.667 bits per heavy atom. The highest BCUT2D eigenvalue weighted by Gasteiger charge is 2.21. The van der Waals surface area contributed by atoms with Gasteiger partial charge < -0.3 is 19.3 Å². The highest BCUT2D eigenvalue weighted by atomic mass is 31.1. The van der Waals surface area contributed by atoms with Crippen molar-refractivity contribution in [1.29, 1.82) is 0 Å². The molecule has 0 aliphatic carbocycles. The SMILES string of the molecule is Cc1cc(CCCCO[PH](=O)OCCCCc2cc(C)c(O)c(C(C)(C)C)c2)cc(C(C)(C)C)c1O. The third-order valence-corrected chi connectivity index (χ3v) is 7.38. The second-order valence-corrected chi connectivity index (χ2v) is 13.1. The Labute approximate surface area is 219 Å². The Morgan fingerprint density at radius 3 is 1.36 bits per heavy atom. The largest absolute Gasteiger partial charge is 0.507 e. The van der Waals surface area contributed by atoms with E-state index in [1.165, 1.54) is 11.1 Å². The van der Waals surface area contributed by atoms with Gasteiger partial charge >= 0.3 is 8.25 Å². The number of phenolic OH excluding ortho intramolecular Hbond substituents is 2. The molecule has 0 aromatic heterocycles. The van der Waals surface area contributed by atoms with Crippen molar-refractivity contribution in [2.75, 3.05) is 13.2 Å². The summed E-state index contributed by atoms with van der Waals surface area (Å²) < 4.78 is 22.9. The molecule has 6 heteroatoms. The number of rotatable bonds is 12. The summed E-state index contributed by atoms with van der Waals surface area (Å²) in [6.07, 6.45) is 5.24. The first-order chi connectivity index (χ1) is 16.7. The fourth-order valence-electron chi connectivity index (χ4n) is 4.36. The predicted octanol–water partition coefficient (Wildman–Crippen LogP) is 8.08. The maximum Gasteiger partial charge on any atom is 0.319 e. The van der Waals surface area contributed by atoms with Gasteiger partial charge in [0, 0.05) is 0 Å². The molecule has 0 amide bonds. The average molecular weight is 519 g/mol. The first-order valence-corrected chi connectivity index (χ1v) is 14.4. The van der Waals surface area contributed by atoms with Gasteiger partial charge in [-0.15, -0.1) is 0 Å². The van der Waals surface area contributed by atoms with Crippen LogP contribution in [0.15, 0.2) is 24.3 Å². The van der Waals surface area contributed by atoms with Crippen molar-refractivity contribution in [1.82, 2.24) is 0 Å². The minimum Gasteiger partial charge on any atom is -0.507 e. The van der Waals surface area contributed by atoms with Gasteiger partial charge in [0.2, 0.25) is 0 Å². The monoisotopic (exact) mass is 518 g/mol. The van der Waals surface area contributed by atoms with Crippen LogP contribution in [-0.2, 0) is 37.3 Å². The lowest BCUT2D eigenvalue weighted by atomic mass is 9.83. The molecular weight excluding hydrogens is 471 g/mol. The molecule has 36 heavy (non-hydrogen) atoms.